The first kappa shape index (κ1) is 23.2. The Morgan fingerprint density at radius 2 is 1.85 bits per heavy atom. The molecule has 0 amide bonds. The molecule has 2 fully saturated rings. The number of imidazole rings is 1. The molecule has 2 aliphatic heterocycles. The maximum absolute atomic E-state index is 13.9. The van der Waals surface area contributed by atoms with Gasteiger partial charge in [-0.2, -0.15) is 4.98 Å². The molecular weight excluding hydrogens is 474 g/mol. The average molecular weight is 497 g/mol. The quantitative estimate of drug-likeness (QED) is 0.436. The van der Waals surface area contributed by atoms with Crippen molar-refractivity contribution in [1.29, 1.82) is 0 Å². The number of halogens is 3. The molecule has 9 nitrogen and oxygen atoms in total. The highest BCUT2D eigenvalue weighted by Crippen LogP contribution is 2.32. The molecule has 34 heavy (non-hydrogen) atoms. The van der Waals surface area contributed by atoms with E-state index in [1.165, 1.54) is 18.2 Å². The fraction of sp³-hybridized carbons (Fsp3) is 0.455. The number of aromatic nitrogens is 3. The number of methoxy groups -OCH3 is 1. The van der Waals surface area contributed by atoms with Gasteiger partial charge < -0.3 is 34.0 Å². The minimum Gasteiger partial charge on any atom is -0.456 e. The van der Waals surface area contributed by atoms with E-state index in [2.05, 4.69) is 20.3 Å². The average Bonchev–Trinajstić information content (AvgIpc) is 3.50. The molecule has 12 heteroatoms. The van der Waals surface area contributed by atoms with Crippen molar-refractivity contribution < 1.29 is 32.5 Å². The van der Waals surface area contributed by atoms with Gasteiger partial charge in [-0.25, -0.2) is 13.8 Å². The third kappa shape index (κ3) is 4.66. The van der Waals surface area contributed by atoms with E-state index in [0.717, 1.165) is 0 Å². The Labute approximate surface area is 198 Å². The maximum Gasteiger partial charge on any atom is 0.296 e. The second kappa shape index (κ2) is 9.96. The van der Waals surface area contributed by atoms with Gasteiger partial charge in [0.2, 0.25) is 0 Å². The van der Waals surface area contributed by atoms with Gasteiger partial charge in [0.1, 0.15) is 35.8 Å². The molecule has 0 aliphatic carbocycles. The number of H-pyrrole nitrogens is 1. The third-order valence-corrected chi connectivity index (χ3v) is 6.03. The van der Waals surface area contributed by atoms with Crippen molar-refractivity contribution in [2.75, 3.05) is 38.9 Å². The molecule has 1 aromatic carbocycles. The lowest BCUT2D eigenvalue weighted by molar-refractivity contribution is -0.0483. The highest BCUT2D eigenvalue weighted by molar-refractivity contribution is 6.33. The number of fused-ring (bicyclic) bond motifs is 2. The summed E-state index contributed by atoms with van der Waals surface area (Å²) < 4.78 is 56.3. The second-order valence-corrected chi connectivity index (χ2v) is 8.35. The molecule has 0 saturated carbocycles. The van der Waals surface area contributed by atoms with Crippen LogP contribution in [-0.4, -0.2) is 72.9 Å². The third-order valence-electron chi connectivity index (χ3n) is 5.74. The van der Waals surface area contributed by atoms with E-state index in [1.807, 2.05) is 0 Å². The van der Waals surface area contributed by atoms with Gasteiger partial charge in [-0.15, -0.1) is 0 Å². The number of benzene rings is 1. The van der Waals surface area contributed by atoms with Gasteiger partial charge >= 0.3 is 0 Å². The van der Waals surface area contributed by atoms with E-state index in [-0.39, 0.29) is 53.4 Å². The molecule has 4 atom stereocenters. The van der Waals surface area contributed by atoms with Crippen molar-refractivity contribution in [1.82, 2.24) is 15.0 Å². The number of anilines is 1. The molecule has 2 aliphatic rings. The fourth-order valence-electron chi connectivity index (χ4n) is 4.05. The molecule has 3 aromatic rings. The van der Waals surface area contributed by atoms with Gasteiger partial charge in [-0.3, -0.25) is 0 Å². The Bertz CT molecular complexity index is 1150. The number of ether oxygens (including phenoxy) is 5. The van der Waals surface area contributed by atoms with Gasteiger partial charge in [-0.05, 0) is 18.2 Å². The molecule has 2 N–H and O–H groups in total. The van der Waals surface area contributed by atoms with Crippen molar-refractivity contribution >= 4 is 28.6 Å². The number of pyridine rings is 1. The van der Waals surface area contributed by atoms with E-state index in [9.17, 15) is 8.78 Å². The Hall–Kier alpha value is -2.57. The Morgan fingerprint density at radius 3 is 2.62 bits per heavy atom. The van der Waals surface area contributed by atoms with Crippen LogP contribution in [0.15, 0.2) is 24.3 Å². The standard InChI is InChI=1S/C22H23ClF2N4O5/c1-30-5-6-31-16-9-32-19-17(10-33-18(16)19)34-22-27-15-7-12(23)20(28-21(15)29-22)26-8-11-13(24)3-2-4-14(11)25/h2-4,7,16-19H,5-6,8-10H2,1H3,(H2,26,27,28,29)/t16-,17-,18?,19-/m1/s1. The van der Waals surface area contributed by atoms with Crippen LogP contribution < -0.4 is 10.1 Å². The largest absolute Gasteiger partial charge is 0.456 e. The molecule has 2 aromatic heterocycles. The summed E-state index contributed by atoms with van der Waals surface area (Å²) in [5.41, 5.74) is 0.772. The van der Waals surface area contributed by atoms with Crippen molar-refractivity contribution in [2.24, 2.45) is 0 Å². The summed E-state index contributed by atoms with van der Waals surface area (Å²) in [4.78, 5) is 11.8. The zero-order chi connectivity index (χ0) is 23.7. The molecule has 182 valence electrons. The van der Waals surface area contributed by atoms with Gasteiger partial charge in [0.25, 0.3) is 6.01 Å². The summed E-state index contributed by atoms with van der Waals surface area (Å²) in [6.45, 7) is 1.56. The number of nitrogens with zero attached hydrogens (tertiary/aromatic N) is 2. The monoisotopic (exact) mass is 496 g/mol. The lowest BCUT2D eigenvalue weighted by atomic mass is 10.1. The Morgan fingerprint density at radius 1 is 1.12 bits per heavy atom. The lowest BCUT2D eigenvalue weighted by Gasteiger charge is -2.16. The van der Waals surface area contributed by atoms with Crippen LogP contribution in [0.4, 0.5) is 14.6 Å². The number of aromatic amines is 1. The Kier molecular flexibility index (Phi) is 6.79. The van der Waals surface area contributed by atoms with Crippen LogP contribution in [0.5, 0.6) is 6.01 Å². The van der Waals surface area contributed by atoms with Crippen LogP contribution >= 0.6 is 11.6 Å². The number of rotatable bonds is 9. The molecule has 2 saturated heterocycles. The highest BCUT2D eigenvalue weighted by atomic mass is 35.5. The highest BCUT2D eigenvalue weighted by Gasteiger charge is 2.49. The SMILES string of the molecule is COCCO[C@@H]1CO[C@H]2C1OC[C@H]2Oc1nc2nc(NCc3c(F)cccc3F)c(Cl)cc2[nH]1. The number of nitrogens with one attached hydrogen (secondary N) is 2. The summed E-state index contributed by atoms with van der Waals surface area (Å²) in [7, 11) is 1.62. The van der Waals surface area contributed by atoms with E-state index in [1.54, 1.807) is 13.2 Å². The molecule has 1 unspecified atom stereocenters. The van der Waals surface area contributed by atoms with E-state index >= 15 is 0 Å². The fourth-order valence-corrected chi connectivity index (χ4v) is 4.27. The van der Waals surface area contributed by atoms with Crippen molar-refractivity contribution in [3.8, 4) is 6.01 Å². The first-order valence-corrected chi connectivity index (χ1v) is 11.1. The van der Waals surface area contributed by atoms with E-state index in [4.69, 9.17) is 35.3 Å². The molecule has 0 radical (unpaired) electrons. The van der Waals surface area contributed by atoms with Crippen molar-refractivity contribution in [3.05, 3.63) is 46.5 Å². The van der Waals surface area contributed by atoms with Crippen LogP contribution in [0, 0.1) is 11.6 Å². The van der Waals surface area contributed by atoms with Crippen molar-refractivity contribution in [2.45, 2.75) is 31.0 Å². The summed E-state index contributed by atoms with van der Waals surface area (Å²) in [5, 5.41) is 3.12. The van der Waals surface area contributed by atoms with Crippen LogP contribution in [0.25, 0.3) is 11.2 Å². The number of hydrogen-bond donors (Lipinski definition) is 2. The van der Waals surface area contributed by atoms with E-state index in [0.29, 0.717) is 37.6 Å². The minimum absolute atomic E-state index is 0.108. The van der Waals surface area contributed by atoms with Gasteiger partial charge in [0.15, 0.2) is 11.8 Å². The smallest absolute Gasteiger partial charge is 0.296 e. The lowest BCUT2D eigenvalue weighted by Crippen LogP contribution is -2.36. The first-order chi connectivity index (χ1) is 16.5. The zero-order valence-corrected chi connectivity index (χ0v) is 19.0. The summed E-state index contributed by atoms with van der Waals surface area (Å²) in [6.07, 6.45) is -1.07. The molecule has 5 rings (SSSR count). The van der Waals surface area contributed by atoms with Crippen molar-refractivity contribution in [3.63, 3.8) is 0 Å². The van der Waals surface area contributed by atoms with Crippen LogP contribution in [0.2, 0.25) is 5.02 Å². The van der Waals surface area contributed by atoms with Crippen LogP contribution in [0.1, 0.15) is 5.56 Å². The van der Waals surface area contributed by atoms with E-state index < -0.39 is 11.6 Å². The zero-order valence-electron chi connectivity index (χ0n) is 18.2. The molecule has 0 bridgehead atoms. The van der Waals surface area contributed by atoms with Gasteiger partial charge in [0, 0.05) is 19.2 Å². The molecule has 4 heterocycles. The van der Waals surface area contributed by atoms with Gasteiger partial charge in [0.05, 0.1) is 37.0 Å². The second-order valence-electron chi connectivity index (χ2n) is 7.94. The minimum atomic E-state index is -0.655. The predicted octanol–water partition coefficient (Wildman–Crippen LogP) is 3.08. The summed E-state index contributed by atoms with van der Waals surface area (Å²) >= 11 is 6.31. The van der Waals surface area contributed by atoms with Crippen LogP contribution in [-0.2, 0) is 25.5 Å². The van der Waals surface area contributed by atoms with Crippen LogP contribution in [0.3, 0.4) is 0 Å². The topological polar surface area (TPSA) is 99.8 Å². The first-order valence-electron chi connectivity index (χ1n) is 10.8. The maximum atomic E-state index is 13.9. The molecular formula is C22H23ClF2N4O5. The predicted molar refractivity (Wildman–Crippen MR) is 118 cm³/mol. The molecule has 0 spiro atoms. The van der Waals surface area contributed by atoms with Gasteiger partial charge in [-0.1, -0.05) is 17.7 Å². The number of hydrogen-bond acceptors (Lipinski definition) is 8. The summed E-state index contributed by atoms with van der Waals surface area (Å²) in [6, 6.07) is 5.53. The summed E-state index contributed by atoms with van der Waals surface area (Å²) in [5.74, 6) is -1.07. The normalized spacial score (nSPS) is 24.0. The Balaban J connectivity index is 1.25.